The van der Waals surface area contributed by atoms with Crippen molar-refractivity contribution in [3.8, 4) is 0 Å². The number of nitrogens with one attached hydrogen (secondary N) is 2. The van der Waals surface area contributed by atoms with Crippen LogP contribution in [0, 0.1) is 0 Å². The number of amides is 1. The fourth-order valence-electron chi connectivity index (χ4n) is 3.57. The molecule has 2 unspecified atom stereocenters. The van der Waals surface area contributed by atoms with Gasteiger partial charge in [0.05, 0.1) is 0 Å². The van der Waals surface area contributed by atoms with Crippen LogP contribution in [0.2, 0.25) is 0 Å². The fourth-order valence-corrected chi connectivity index (χ4v) is 3.57. The number of allylic oxidation sites excluding steroid dienone is 3. The van der Waals surface area contributed by atoms with Crippen LogP contribution < -0.4 is 15.5 Å². The first kappa shape index (κ1) is 23.4. The minimum absolute atomic E-state index is 0.168. The summed E-state index contributed by atoms with van der Waals surface area (Å²) < 4.78 is 13.4. The third kappa shape index (κ3) is 7.21. The molecular formula is C23H32FN3O3. The first-order chi connectivity index (χ1) is 14.4. The van der Waals surface area contributed by atoms with Gasteiger partial charge in [0.25, 0.3) is 0 Å². The Balaban J connectivity index is 1.80. The van der Waals surface area contributed by atoms with Crippen LogP contribution in [0.5, 0.6) is 0 Å². The van der Waals surface area contributed by atoms with Crippen molar-refractivity contribution in [3.63, 3.8) is 0 Å². The monoisotopic (exact) mass is 417 g/mol. The Morgan fingerprint density at radius 3 is 2.83 bits per heavy atom. The van der Waals surface area contributed by atoms with Crippen molar-refractivity contribution in [3.05, 3.63) is 54.3 Å². The van der Waals surface area contributed by atoms with Crippen molar-refractivity contribution in [2.45, 2.75) is 51.2 Å². The SMILES string of the molecule is C=CC(F)C/C(=C/C)NCCC(NC(=O)CCN1CCCc2ccccc21)C(=O)O. The number of hydrogen-bond donors (Lipinski definition) is 3. The number of rotatable bonds is 12. The highest BCUT2D eigenvalue weighted by atomic mass is 19.1. The minimum Gasteiger partial charge on any atom is -0.480 e. The number of anilines is 1. The lowest BCUT2D eigenvalue weighted by Gasteiger charge is -2.31. The Labute approximate surface area is 177 Å². The Kier molecular flexibility index (Phi) is 9.38. The molecule has 0 fully saturated rings. The lowest BCUT2D eigenvalue weighted by Crippen LogP contribution is -2.43. The lowest BCUT2D eigenvalue weighted by molar-refractivity contribution is -0.141. The van der Waals surface area contributed by atoms with E-state index in [0.29, 0.717) is 18.8 Å². The molecule has 1 aliphatic heterocycles. The number of aryl methyl sites for hydroxylation is 1. The maximum Gasteiger partial charge on any atom is 0.326 e. The van der Waals surface area contributed by atoms with Gasteiger partial charge in [-0.05, 0) is 37.8 Å². The highest BCUT2D eigenvalue weighted by molar-refractivity contribution is 5.83. The third-order valence-electron chi connectivity index (χ3n) is 5.25. The van der Waals surface area contributed by atoms with E-state index in [2.05, 4.69) is 34.2 Å². The summed E-state index contributed by atoms with van der Waals surface area (Å²) in [4.78, 5) is 26.1. The topological polar surface area (TPSA) is 81.7 Å². The summed E-state index contributed by atoms with van der Waals surface area (Å²) in [6.07, 6.45) is 4.51. The molecule has 0 saturated heterocycles. The summed E-state index contributed by atoms with van der Waals surface area (Å²) >= 11 is 0. The molecule has 0 bridgehead atoms. The van der Waals surface area contributed by atoms with Gasteiger partial charge in [-0.1, -0.05) is 30.4 Å². The number of benzene rings is 1. The van der Waals surface area contributed by atoms with Crippen molar-refractivity contribution in [1.29, 1.82) is 0 Å². The van der Waals surface area contributed by atoms with Gasteiger partial charge < -0.3 is 20.6 Å². The summed E-state index contributed by atoms with van der Waals surface area (Å²) in [5.41, 5.74) is 3.12. The number of carboxylic acids is 1. The Morgan fingerprint density at radius 2 is 2.13 bits per heavy atom. The molecule has 1 amide bonds. The zero-order valence-corrected chi connectivity index (χ0v) is 17.6. The second kappa shape index (κ2) is 12.0. The van der Waals surface area contributed by atoms with Crippen LogP contribution in [0.25, 0.3) is 0 Å². The highest BCUT2D eigenvalue weighted by Gasteiger charge is 2.21. The van der Waals surface area contributed by atoms with E-state index in [4.69, 9.17) is 0 Å². The average molecular weight is 418 g/mol. The molecule has 30 heavy (non-hydrogen) atoms. The van der Waals surface area contributed by atoms with Crippen molar-refractivity contribution >= 4 is 17.6 Å². The van der Waals surface area contributed by atoms with E-state index in [-0.39, 0.29) is 25.2 Å². The van der Waals surface area contributed by atoms with Crippen molar-refractivity contribution < 1.29 is 19.1 Å². The van der Waals surface area contributed by atoms with Crippen LogP contribution in [-0.2, 0) is 16.0 Å². The van der Waals surface area contributed by atoms with Gasteiger partial charge in [-0.3, -0.25) is 4.79 Å². The number of hydrogen-bond acceptors (Lipinski definition) is 4. The minimum atomic E-state index is -1.15. The molecule has 1 aromatic rings. The summed E-state index contributed by atoms with van der Waals surface area (Å²) in [6.45, 7) is 6.97. The van der Waals surface area contributed by atoms with Gasteiger partial charge in [-0.15, -0.1) is 6.58 Å². The number of halogens is 1. The van der Waals surface area contributed by atoms with Crippen molar-refractivity contribution in [2.24, 2.45) is 0 Å². The molecule has 0 spiro atoms. The van der Waals surface area contributed by atoms with E-state index in [1.807, 2.05) is 12.1 Å². The Morgan fingerprint density at radius 1 is 1.37 bits per heavy atom. The lowest BCUT2D eigenvalue weighted by atomic mass is 10.0. The van der Waals surface area contributed by atoms with Crippen LogP contribution in [-0.4, -0.2) is 48.8 Å². The number of alkyl halides is 1. The Bertz CT molecular complexity index is 766. The second-order valence-corrected chi connectivity index (χ2v) is 7.41. The molecule has 1 heterocycles. The predicted molar refractivity (Wildman–Crippen MR) is 117 cm³/mol. The quantitative estimate of drug-likeness (QED) is 0.455. The highest BCUT2D eigenvalue weighted by Crippen LogP contribution is 2.26. The van der Waals surface area contributed by atoms with Crippen LogP contribution in [0.1, 0.15) is 38.2 Å². The molecule has 6 nitrogen and oxygen atoms in total. The van der Waals surface area contributed by atoms with E-state index in [1.165, 1.54) is 11.6 Å². The molecule has 1 aliphatic rings. The number of carbonyl (C=O) groups is 2. The molecule has 0 saturated carbocycles. The molecule has 0 radical (unpaired) electrons. The van der Waals surface area contributed by atoms with Crippen molar-refractivity contribution in [2.75, 3.05) is 24.5 Å². The third-order valence-corrected chi connectivity index (χ3v) is 5.25. The smallest absolute Gasteiger partial charge is 0.326 e. The number of carbonyl (C=O) groups excluding carboxylic acids is 1. The number of carboxylic acid groups (broad SMARTS) is 1. The molecule has 3 N–H and O–H groups in total. The van der Waals surface area contributed by atoms with Gasteiger partial charge in [0.1, 0.15) is 12.2 Å². The van der Waals surface area contributed by atoms with Crippen LogP contribution in [0.4, 0.5) is 10.1 Å². The summed E-state index contributed by atoms with van der Waals surface area (Å²) in [6, 6.07) is 7.19. The molecule has 2 rings (SSSR count). The largest absolute Gasteiger partial charge is 0.480 e. The van der Waals surface area contributed by atoms with Gasteiger partial charge in [0, 0.05) is 43.9 Å². The van der Waals surface area contributed by atoms with E-state index in [1.54, 1.807) is 13.0 Å². The van der Waals surface area contributed by atoms with Crippen molar-refractivity contribution in [1.82, 2.24) is 10.6 Å². The number of fused-ring (bicyclic) bond motifs is 1. The molecule has 7 heteroatoms. The van der Waals surface area contributed by atoms with Gasteiger partial charge in [0.2, 0.25) is 5.91 Å². The Hall–Kier alpha value is -2.83. The molecule has 0 aromatic heterocycles. The zero-order valence-electron chi connectivity index (χ0n) is 17.6. The maximum atomic E-state index is 13.4. The average Bonchev–Trinajstić information content (AvgIpc) is 2.75. The summed E-state index contributed by atoms with van der Waals surface area (Å²) in [7, 11) is 0. The van der Waals surface area contributed by atoms with Crippen LogP contribution in [0.3, 0.4) is 0 Å². The van der Waals surface area contributed by atoms with E-state index >= 15 is 0 Å². The summed E-state index contributed by atoms with van der Waals surface area (Å²) in [5.74, 6) is -1.36. The second-order valence-electron chi connectivity index (χ2n) is 7.41. The van der Waals surface area contributed by atoms with Gasteiger partial charge in [0.15, 0.2) is 0 Å². The van der Waals surface area contributed by atoms with Crippen LogP contribution >= 0.6 is 0 Å². The first-order valence-corrected chi connectivity index (χ1v) is 10.4. The molecule has 0 aliphatic carbocycles. The molecular weight excluding hydrogens is 385 g/mol. The van der Waals surface area contributed by atoms with E-state index in [9.17, 15) is 19.1 Å². The standard InChI is InChI=1S/C23H32FN3O3/c1-3-18(24)16-19(4-2)25-13-11-20(23(29)30)26-22(28)12-15-27-14-7-9-17-8-5-6-10-21(17)27/h3-6,8,10,18,20,25H,1,7,9,11-16H2,2H3,(H,26,28)(H,29,30)/b19-4-. The van der Waals surface area contributed by atoms with Crippen LogP contribution in [0.15, 0.2) is 48.7 Å². The molecule has 2 atom stereocenters. The van der Waals surface area contributed by atoms with Gasteiger partial charge in [-0.2, -0.15) is 0 Å². The fraction of sp³-hybridized carbons (Fsp3) is 0.478. The van der Waals surface area contributed by atoms with E-state index in [0.717, 1.165) is 25.1 Å². The van der Waals surface area contributed by atoms with E-state index < -0.39 is 18.2 Å². The summed E-state index contributed by atoms with van der Waals surface area (Å²) in [5, 5.41) is 15.1. The molecule has 1 aromatic carbocycles. The van der Waals surface area contributed by atoms with Gasteiger partial charge >= 0.3 is 5.97 Å². The van der Waals surface area contributed by atoms with Gasteiger partial charge in [-0.25, -0.2) is 9.18 Å². The zero-order chi connectivity index (χ0) is 21.9. The number of nitrogens with zero attached hydrogens (tertiary/aromatic N) is 1. The first-order valence-electron chi connectivity index (χ1n) is 10.4. The number of aliphatic carboxylic acids is 1. The predicted octanol–water partition coefficient (Wildman–Crippen LogP) is 3.20. The molecule has 164 valence electrons. The number of para-hydroxylation sites is 1. The maximum absolute atomic E-state index is 13.4. The normalized spacial score (nSPS) is 15.7.